The quantitative estimate of drug-likeness (QED) is 0.609. The average Bonchev–Trinajstić information content (AvgIpc) is 3.24. The van der Waals surface area contributed by atoms with Crippen LogP contribution in [-0.2, 0) is 11.2 Å². The van der Waals surface area contributed by atoms with Crippen LogP contribution in [0.2, 0.25) is 0 Å². The summed E-state index contributed by atoms with van der Waals surface area (Å²) in [7, 11) is 0. The first-order valence-electron chi connectivity index (χ1n) is 9.86. The molecular formula is C21H23N5O3. The number of aromatic nitrogens is 4. The highest BCUT2D eigenvalue weighted by molar-refractivity contribution is 5.76. The molecule has 29 heavy (non-hydrogen) atoms. The van der Waals surface area contributed by atoms with E-state index in [0.717, 1.165) is 18.6 Å². The van der Waals surface area contributed by atoms with E-state index in [1.165, 1.54) is 0 Å². The number of likely N-dealkylation sites (tertiary alicyclic amines) is 1. The van der Waals surface area contributed by atoms with E-state index < -0.39 is 0 Å². The highest BCUT2D eigenvalue weighted by atomic mass is 16.5. The number of carbonyl (C=O) groups is 1. The Kier molecular flexibility index (Phi) is 6.09. The average molecular weight is 393 g/mol. The summed E-state index contributed by atoms with van der Waals surface area (Å²) in [5.74, 6) is 1.95. The molecule has 0 bridgehead atoms. The Balaban J connectivity index is 1.18. The number of carbonyl (C=O) groups excluding carboxylic acids is 1. The summed E-state index contributed by atoms with van der Waals surface area (Å²) in [6.45, 7) is 1.43. The lowest BCUT2D eigenvalue weighted by Gasteiger charge is -2.32. The predicted molar refractivity (Wildman–Crippen MR) is 105 cm³/mol. The van der Waals surface area contributed by atoms with Crippen molar-refractivity contribution >= 4 is 5.91 Å². The van der Waals surface area contributed by atoms with Gasteiger partial charge in [-0.15, -0.1) is 0 Å². The fraction of sp³-hybridized carbons (Fsp3) is 0.381. The van der Waals surface area contributed by atoms with Crippen LogP contribution >= 0.6 is 0 Å². The second kappa shape index (κ2) is 9.27. The van der Waals surface area contributed by atoms with E-state index in [-0.39, 0.29) is 12.0 Å². The van der Waals surface area contributed by atoms with Gasteiger partial charge >= 0.3 is 0 Å². The van der Waals surface area contributed by atoms with Crippen LogP contribution < -0.4 is 4.74 Å². The van der Waals surface area contributed by atoms with E-state index in [0.29, 0.717) is 49.8 Å². The second-order valence-corrected chi connectivity index (χ2v) is 6.97. The maximum absolute atomic E-state index is 12.5. The minimum absolute atomic E-state index is 0.131. The molecule has 8 nitrogen and oxygen atoms in total. The van der Waals surface area contributed by atoms with E-state index >= 15 is 0 Å². The molecule has 4 heterocycles. The van der Waals surface area contributed by atoms with Crippen LogP contribution in [0.15, 0.2) is 53.4 Å². The molecule has 3 aromatic rings. The Morgan fingerprint density at radius 1 is 1.17 bits per heavy atom. The molecule has 3 aromatic heterocycles. The molecular weight excluding hydrogens is 370 g/mol. The third-order valence-corrected chi connectivity index (χ3v) is 4.88. The normalized spacial score (nSPS) is 14.7. The molecule has 1 aliphatic rings. The molecule has 0 unspecified atom stereocenters. The van der Waals surface area contributed by atoms with Crippen LogP contribution in [-0.4, -0.2) is 50.1 Å². The number of pyridine rings is 2. The summed E-state index contributed by atoms with van der Waals surface area (Å²) in [6, 6.07) is 9.31. The summed E-state index contributed by atoms with van der Waals surface area (Å²) < 4.78 is 11.2. The van der Waals surface area contributed by atoms with Gasteiger partial charge in [-0.25, -0.2) is 0 Å². The maximum Gasteiger partial charge on any atom is 0.227 e. The van der Waals surface area contributed by atoms with Crippen LogP contribution in [0.3, 0.4) is 0 Å². The third kappa shape index (κ3) is 5.16. The fourth-order valence-electron chi connectivity index (χ4n) is 3.34. The van der Waals surface area contributed by atoms with Crippen LogP contribution in [0.1, 0.15) is 31.6 Å². The van der Waals surface area contributed by atoms with Gasteiger partial charge in [-0.2, -0.15) is 4.98 Å². The molecule has 1 fully saturated rings. The monoisotopic (exact) mass is 393 g/mol. The lowest BCUT2D eigenvalue weighted by atomic mass is 10.1. The van der Waals surface area contributed by atoms with Crippen LogP contribution in [0.4, 0.5) is 0 Å². The zero-order chi connectivity index (χ0) is 19.9. The molecule has 0 radical (unpaired) electrons. The first kappa shape index (κ1) is 19.0. The van der Waals surface area contributed by atoms with Gasteiger partial charge < -0.3 is 14.2 Å². The molecule has 0 aliphatic carbocycles. The first-order valence-corrected chi connectivity index (χ1v) is 9.86. The van der Waals surface area contributed by atoms with Gasteiger partial charge in [0.05, 0.1) is 6.20 Å². The lowest BCUT2D eigenvalue weighted by Crippen LogP contribution is -2.41. The topological polar surface area (TPSA) is 94.2 Å². The van der Waals surface area contributed by atoms with Gasteiger partial charge in [-0.3, -0.25) is 14.8 Å². The van der Waals surface area contributed by atoms with Crippen molar-refractivity contribution < 1.29 is 14.1 Å². The number of piperidine rings is 1. The van der Waals surface area contributed by atoms with Gasteiger partial charge in [0.25, 0.3) is 0 Å². The standard InChI is InChI=1S/C21H23N5O3/c27-20(26-13-9-16(10-14-26)28-17-5-4-11-22-15-17)8-3-7-19-24-21(25-29-19)18-6-1-2-12-23-18/h1-2,4-6,11-12,15-16H,3,7-10,13-14H2. The number of ether oxygens (including phenoxy) is 1. The molecule has 0 saturated carbocycles. The van der Waals surface area contributed by atoms with Gasteiger partial charge in [0.15, 0.2) is 0 Å². The molecule has 1 amide bonds. The molecule has 0 spiro atoms. The van der Waals surface area contributed by atoms with Gasteiger partial charge in [0, 0.05) is 51.2 Å². The first-order chi connectivity index (χ1) is 14.3. The number of aryl methyl sites for hydroxylation is 1. The number of amides is 1. The van der Waals surface area contributed by atoms with Crippen molar-refractivity contribution in [2.24, 2.45) is 0 Å². The van der Waals surface area contributed by atoms with E-state index in [4.69, 9.17) is 9.26 Å². The molecule has 0 atom stereocenters. The Labute approximate surface area is 168 Å². The largest absolute Gasteiger partial charge is 0.489 e. The minimum atomic E-state index is 0.131. The van der Waals surface area contributed by atoms with Crippen molar-refractivity contribution in [1.29, 1.82) is 0 Å². The van der Waals surface area contributed by atoms with Gasteiger partial charge in [-0.05, 0) is 30.7 Å². The van der Waals surface area contributed by atoms with Gasteiger partial charge in [0.2, 0.25) is 17.6 Å². The smallest absolute Gasteiger partial charge is 0.227 e. The van der Waals surface area contributed by atoms with Crippen molar-refractivity contribution in [1.82, 2.24) is 25.0 Å². The molecule has 0 N–H and O–H groups in total. The number of nitrogens with zero attached hydrogens (tertiary/aromatic N) is 5. The summed E-state index contributed by atoms with van der Waals surface area (Å²) in [5.41, 5.74) is 0.676. The minimum Gasteiger partial charge on any atom is -0.489 e. The SMILES string of the molecule is O=C(CCCc1nc(-c2ccccn2)no1)N1CCC(Oc2cccnc2)CC1. The Morgan fingerprint density at radius 2 is 2.07 bits per heavy atom. The number of rotatable bonds is 7. The molecule has 4 rings (SSSR count). The maximum atomic E-state index is 12.5. The molecule has 1 saturated heterocycles. The lowest BCUT2D eigenvalue weighted by molar-refractivity contribution is -0.133. The summed E-state index contributed by atoms with van der Waals surface area (Å²) in [6.07, 6.45) is 8.64. The van der Waals surface area contributed by atoms with Gasteiger partial charge in [0.1, 0.15) is 17.5 Å². The zero-order valence-corrected chi connectivity index (χ0v) is 16.1. The molecule has 0 aromatic carbocycles. The highest BCUT2D eigenvalue weighted by Gasteiger charge is 2.23. The predicted octanol–water partition coefficient (Wildman–Crippen LogP) is 2.92. The third-order valence-electron chi connectivity index (χ3n) is 4.88. The van der Waals surface area contributed by atoms with E-state index in [1.54, 1.807) is 18.6 Å². The fourth-order valence-corrected chi connectivity index (χ4v) is 3.34. The van der Waals surface area contributed by atoms with Crippen molar-refractivity contribution in [2.75, 3.05) is 13.1 Å². The van der Waals surface area contributed by atoms with Crippen molar-refractivity contribution in [2.45, 2.75) is 38.2 Å². The van der Waals surface area contributed by atoms with Crippen molar-refractivity contribution in [3.63, 3.8) is 0 Å². The van der Waals surface area contributed by atoms with Gasteiger partial charge in [-0.1, -0.05) is 11.2 Å². The summed E-state index contributed by atoms with van der Waals surface area (Å²) in [5, 5.41) is 3.95. The second-order valence-electron chi connectivity index (χ2n) is 6.97. The zero-order valence-electron chi connectivity index (χ0n) is 16.1. The van der Waals surface area contributed by atoms with Crippen LogP contribution in [0.25, 0.3) is 11.5 Å². The Bertz CT molecular complexity index is 908. The van der Waals surface area contributed by atoms with Crippen molar-refractivity contribution in [3.05, 3.63) is 54.8 Å². The number of hydrogen-bond acceptors (Lipinski definition) is 7. The Hall–Kier alpha value is -3.29. The van der Waals surface area contributed by atoms with Crippen LogP contribution in [0, 0.1) is 0 Å². The van der Waals surface area contributed by atoms with E-state index in [9.17, 15) is 4.79 Å². The highest BCUT2D eigenvalue weighted by Crippen LogP contribution is 2.19. The van der Waals surface area contributed by atoms with E-state index in [1.807, 2.05) is 35.2 Å². The van der Waals surface area contributed by atoms with Crippen molar-refractivity contribution in [3.8, 4) is 17.3 Å². The van der Waals surface area contributed by atoms with E-state index in [2.05, 4.69) is 20.1 Å². The number of hydrogen-bond donors (Lipinski definition) is 0. The summed E-state index contributed by atoms with van der Waals surface area (Å²) in [4.78, 5) is 27.0. The Morgan fingerprint density at radius 3 is 2.83 bits per heavy atom. The summed E-state index contributed by atoms with van der Waals surface area (Å²) >= 11 is 0. The molecule has 8 heteroatoms. The molecule has 1 aliphatic heterocycles. The van der Waals surface area contributed by atoms with Crippen LogP contribution in [0.5, 0.6) is 5.75 Å². The molecule has 150 valence electrons.